The molecule has 2 nitrogen and oxygen atoms in total. The Kier molecular flexibility index (Phi) is 8.82. The molecule has 0 amide bonds. The summed E-state index contributed by atoms with van der Waals surface area (Å²) in [5, 5.41) is 0. The fourth-order valence-corrected chi connectivity index (χ4v) is 5.55. The van der Waals surface area contributed by atoms with E-state index in [2.05, 4.69) is 62.4 Å². The minimum Gasteiger partial charge on any atom is -0.373 e. The Labute approximate surface area is 195 Å². The standard InChI is InChI=1S/C30H42O2/c1-3-5-6-8-29-21-32-30(22-31-29)28-19-17-27(18-20-28)26-15-13-25(14-16-26)24-11-9-23(7-4-2)10-12-24/h13-20,23-24,29-30H,3-12,21-22H2,1-2H3/t23?,24?,29-,30-/m0/s1. The van der Waals surface area contributed by atoms with Crippen molar-refractivity contribution < 1.29 is 9.47 Å². The molecule has 2 heteroatoms. The van der Waals surface area contributed by atoms with Gasteiger partial charge in [-0.2, -0.15) is 0 Å². The Bertz CT molecular complexity index is 779. The highest BCUT2D eigenvalue weighted by molar-refractivity contribution is 5.64. The Hall–Kier alpha value is -1.64. The van der Waals surface area contributed by atoms with Crippen molar-refractivity contribution in [2.45, 2.75) is 96.2 Å². The summed E-state index contributed by atoms with van der Waals surface area (Å²) in [6.07, 6.45) is 13.5. The molecule has 2 atom stereocenters. The van der Waals surface area contributed by atoms with E-state index in [1.54, 1.807) is 0 Å². The SMILES string of the molecule is CCCCC[C@H]1CO[C@H](c2ccc(-c3ccc(C4CCC(CCC)CC4)cc3)cc2)CO1. The third-order valence-corrected chi connectivity index (χ3v) is 7.64. The summed E-state index contributed by atoms with van der Waals surface area (Å²) in [5.74, 6) is 1.73. The van der Waals surface area contributed by atoms with Crippen LogP contribution in [0.25, 0.3) is 11.1 Å². The van der Waals surface area contributed by atoms with Gasteiger partial charge in [-0.3, -0.25) is 0 Å². The monoisotopic (exact) mass is 434 g/mol. The summed E-state index contributed by atoms with van der Waals surface area (Å²) in [7, 11) is 0. The first kappa shape index (κ1) is 23.5. The zero-order chi connectivity index (χ0) is 22.2. The predicted octanol–water partition coefficient (Wildman–Crippen LogP) is 8.46. The molecule has 0 bridgehead atoms. The zero-order valence-corrected chi connectivity index (χ0v) is 20.2. The molecule has 0 unspecified atom stereocenters. The lowest BCUT2D eigenvalue weighted by Gasteiger charge is -2.30. The summed E-state index contributed by atoms with van der Waals surface area (Å²) in [5.41, 5.74) is 5.33. The quantitative estimate of drug-likeness (QED) is 0.368. The van der Waals surface area contributed by atoms with Gasteiger partial charge in [0.05, 0.1) is 19.3 Å². The number of ether oxygens (including phenoxy) is 2. The normalized spacial score (nSPS) is 26.2. The molecule has 174 valence electrons. The van der Waals surface area contributed by atoms with Gasteiger partial charge in [-0.05, 0) is 66.2 Å². The molecule has 4 rings (SSSR count). The van der Waals surface area contributed by atoms with Crippen molar-refractivity contribution in [2.24, 2.45) is 5.92 Å². The van der Waals surface area contributed by atoms with E-state index in [4.69, 9.17) is 9.47 Å². The van der Waals surface area contributed by atoms with Gasteiger partial charge in [0, 0.05) is 0 Å². The second kappa shape index (κ2) is 12.0. The van der Waals surface area contributed by atoms with Crippen molar-refractivity contribution >= 4 is 0 Å². The molecular formula is C30H42O2. The minimum absolute atomic E-state index is 0.0664. The average molecular weight is 435 g/mol. The smallest absolute Gasteiger partial charge is 0.106 e. The third-order valence-electron chi connectivity index (χ3n) is 7.64. The highest BCUT2D eigenvalue weighted by atomic mass is 16.6. The van der Waals surface area contributed by atoms with Crippen LogP contribution in [0, 0.1) is 5.92 Å². The number of rotatable bonds is 9. The minimum atomic E-state index is 0.0664. The predicted molar refractivity (Wildman–Crippen MR) is 134 cm³/mol. The summed E-state index contributed by atoms with van der Waals surface area (Å²) in [6, 6.07) is 18.2. The zero-order valence-electron chi connectivity index (χ0n) is 20.2. The maximum absolute atomic E-state index is 6.13. The Morgan fingerprint density at radius 3 is 1.88 bits per heavy atom. The van der Waals surface area contributed by atoms with Gasteiger partial charge in [-0.1, -0.05) is 94.5 Å². The lowest BCUT2D eigenvalue weighted by Crippen LogP contribution is -2.31. The molecule has 2 fully saturated rings. The molecule has 0 N–H and O–H groups in total. The Balaban J connectivity index is 1.29. The van der Waals surface area contributed by atoms with Crippen LogP contribution in [-0.2, 0) is 9.47 Å². The number of hydrogen-bond donors (Lipinski definition) is 0. The molecular weight excluding hydrogens is 392 g/mol. The van der Waals surface area contributed by atoms with E-state index >= 15 is 0 Å². The van der Waals surface area contributed by atoms with E-state index in [0.717, 1.165) is 24.9 Å². The van der Waals surface area contributed by atoms with Gasteiger partial charge in [-0.25, -0.2) is 0 Å². The summed E-state index contributed by atoms with van der Waals surface area (Å²) >= 11 is 0. The maximum atomic E-state index is 6.13. The largest absolute Gasteiger partial charge is 0.373 e. The van der Waals surface area contributed by atoms with Crippen molar-refractivity contribution in [3.63, 3.8) is 0 Å². The van der Waals surface area contributed by atoms with Crippen LogP contribution in [0.15, 0.2) is 48.5 Å². The van der Waals surface area contributed by atoms with Gasteiger partial charge in [0.25, 0.3) is 0 Å². The molecule has 2 aromatic carbocycles. The Morgan fingerprint density at radius 1 is 0.656 bits per heavy atom. The molecule has 1 aliphatic heterocycles. The van der Waals surface area contributed by atoms with Crippen LogP contribution in [0.2, 0.25) is 0 Å². The molecule has 1 saturated carbocycles. The first-order valence-corrected chi connectivity index (χ1v) is 13.2. The lowest BCUT2D eigenvalue weighted by molar-refractivity contribution is -0.137. The van der Waals surface area contributed by atoms with Crippen LogP contribution in [0.3, 0.4) is 0 Å². The highest BCUT2D eigenvalue weighted by Crippen LogP contribution is 2.38. The van der Waals surface area contributed by atoms with E-state index < -0.39 is 0 Å². The van der Waals surface area contributed by atoms with Gasteiger partial charge in [-0.15, -0.1) is 0 Å². The molecule has 2 aliphatic rings. The van der Waals surface area contributed by atoms with Gasteiger partial charge < -0.3 is 9.47 Å². The van der Waals surface area contributed by atoms with E-state index in [-0.39, 0.29) is 12.2 Å². The van der Waals surface area contributed by atoms with E-state index in [1.807, 2.05) is 0 Å². The second-order valence-electron chi connectivity index (χ2n) is 10.0. The van der Waals surface area contributed by atoms with E-state index in [9.17, 15) is 0 Å². The molecule has 0 spiro atoms. The molecule has 0 aromatic heterocycles. The molecule has 1 aliphatic carbocycles. The second-order valence-corrected chi connectivity index (χ2v) is 10.0. The first-order valence-electron chi connectivity index (χ1n) is 13.2. The molecule has 1 saturated heterocycles. The van der Waals surface area contributed by atoms with Crippen molar-refractivity contribution in [2.75, 3.05) is 13.2 Å². The van der Waals surface area contributed by atoms with Crippen molar-refractivity contribution in [1.29, 1.82) is 0 Å². The van der Waals surface area contributed by atoms with Crippen LogP contribution >= 0.6 is 0 Å². The lowest BCUT2D eigenvalue weighted by atomic mass is 9.77. The maximum Gasteiger partial charge on any atom is 0.106 e. The van der Waals surface area contributed by atoms with Crippen molar-refractivity contribution in [1.82, 2.24) is 0 Å². The summed E-state index contributed by atoms with van der Waals surface area (Å²) in [4.78, 5) is 0. The first-order chi connectivity index (χ1) is 15.8. The van der Waals surface area contributed by atoms with Gasteiger partial charge in [0.15, 0.2) is 0 Å². The molecule has 32 heavy (non-hydrogen) atoms. The molecule has 0 radical (unpaired) electrons. The van der Waals surface area contributed by atoms with Gasteiger partial charge >= 0.3 is 0 Å². The van der Waals surface area contributed by atoms with Gasteiger partial charge in [0.2, 0.25) is 0 Å². The van der Waals surface area contributed by atoms with E-state index in [0.29, 0.717) is 6.61 Å². The van der Waals surface area contributed by atoms with Crippen LogP contribution in [-0.4, -0.2) is 19.3 Å². The number of benzene rings is 2. The topological polar surface area (TPSA) is 18.5 Å². The fourth-order valence-electron chi connectivity index (χ4n) is 5.55. The van der Waals surface area contributed by atoms with Crippen LogP contribution < -0.4 is 0 Å². The van der Waals surface area contributed by atoms with Crippen molar-refractivity contribution in [3.05, 3.63) is 59.7 Å². The fraction of sp³-hybridized carbons (Fsp3) is 0.600. The number of unbranched alkanes of at least 4 members (excludes halogenated alkanes) is 2. The molecule has 1 heterocycles. The van der Waals surface area contributed by atoms with Crippen LogP contribution in [0.4, 0.5) is 0 Å². The van der Waals surface area contributed by atoms with Crippen LogP contribution in [0.5, 0.6) is 0 Å². The van der Waals surface area contributed by atoms with Crippen LogP contribution in [0.1, 0.15) is 101 Å². The molecule has 2 aromatic rings. The van der Waals surface area contributed by atoms with E-state index in [1.165, 1.54) is 80.0 Å². The number of hydrogen-bond acceptors (Lipinski definition) is 2. The third kappa shape index (κ3) is 6.23. The average Bonchev–Trinajstić information content (AvgIpc) is 2.86. The van der Waals surface area contributed by atoms with Crippen molar-refractivity contribution in [3.8, 4) is 11.1 Å². The highest BCUT2D eigenvalue weighted by Gasteiger charge is 2.24. The summed E-state index contributed by atoms with van der Waals surface area (Å²) in [6.45, 7) is 5.95. The summed E-state index contributed by atoms with van der Waals surface area (Å²) < 4.78 is 12.2. The Morgan fingerprint density at radius 2 is 1.31 bits per heavy atom. The van der Waals surface area contributed by atoms with Gasteiger partial charge in [0.1, 0.15) is 6.10 Å².